The minimum Gasteiger partial charge on any atom is -0.382 e. The molecule has 0 atom stereocenters. The van der Waals surface area contributed by atoms with Crippen molar-refractivity contribution in [2.45, 2.75) is 25.8 Å². The predicted molar refractivity (Wildman–Crippen MR) is 162 cm³/mol. The van der Waals surface area contributed by atoms with Crippen molar-refractivity contribution in [2.24, 2.45) is 15.8 Å². The highest BCUT2D eigenvalue weighted by molar-refractivity contribution is 6.04. The number of nitrogens with two attached hydrogens (primary N) is 1. The Morgan fingerprint density at radius 1 is 1.10 bits per heavy atom. The Morgan fingerprint density at radius 3 is 2.34 bits per heavy atom. The highest BCUT2D eigenvalue weighted by Crippen LogP contribution is 2.33. The Morgan fingerprint density at radius 2 is 1.78 bits per heavy atom. The third-order valence-electron chi connectivity index (χ3n) is 7.21. The number of amides is 1. The van der Waals surface area contributed by atoms with Crippen molar-refractivity contribution < 1.29 is 4.79 Å². The summed E-state index contributed by atoms with van der Waals surface area (Å²) in [7, 11) is 1.62. The molecule has 11 nitrogen and oxygen atoms in total. The third kappa shape index (κ3) is 5.03. The minimum atomic E-state index is -0.692. The number of aliphatic imine (C=N–C) groups is 1. The topological polar surface area (TPSA) is 141 Å². The number of rotatable bonds is 8. The maximum Gasteiger partial charge on any atom is 0.335 e. The SMILES string of the molecule is C=Nn1c(C2CNC2)cc(-c2ccc(NC(=O)c3cn(C(C)C)c(=O)n(-c4ccccc4)c3=O)cc2)c1/C(N)=N\C. The van der Waals surface area contributed by atoms with Crippen molar-refractivity contribution in [3.05, 3.63) is 105 Å². The molecule has 210 valence electrons. The maximum absolute atomic E-state index is 13.4. The molecule has 0 spiro atoms. The van der Waals surface area contributed by atoms with Crippen molar-refractivity contribution in [1.29, 1.82) is 0 Å². The van der Waals surface area contributed by atoms with Crippen LogP contribution in [0.3, 0.4) is 0 Å². The first-order valence-corrected chi connectivity index (χ1v) is 13.3. The summed E-state index contributed by atoms with van der Waals surface area (Å²) in [5.74, 6) is -0.00444. The first-order valence-electron chi connectivity index (χ1n) is 13.3. The van der Waals surface area contributed by atoms with Crippen LogP contribution in [-0.4, -0.2) is 52.4 Å². The van der Waals surface area contributed by atoms with Gasteiger partial charge in [-0.25, -0.2) is 14.0 Å². The number of nitrogens with zero attached hydrogens (tertiary/aromatic N) is 5. The summed E-state index contributed by atoms with van der Waals surface area (Å²) in [5.41, 5.74) is 9.12. The van der Waals surface area contributed by atoms with E-state index in [0.29, 0.717) is 22.9 Å². The summed E-state index contributed by atoms with van der Waals surface area (Å²) in [4.78, 5) is 44.0. The average Bonchev–Trinajstić information content (AvgIpc) is 3.31. The van der Waals surface area contributed by atoms with E-state index in [-0.39, 0.29) is 17.5 Å². The first kappa shape index (κ1) is 27.5. The number of hydrogen-bond donors (Lipinski definition) is 3. The van der Waals surface area contributed by atoms with Crippen LogP contribution in [0.5, 0.6) is 0 Å². The number of anilines is 1. The number of aromatic nitrogens is 3. The average molecular weight is 553 g/mol. The quantitative estimate of drug-likeness (QED) is 0.228. The van der Waals surface area contributed by atoms with Gasteiger partial charge in [-0.3, -0.25) is 19.1 Å². The zero-order chi connectivity index (χ0) is 29.3. The van der Waals surface area contributed by atoms with Crippen LogP contribution in [0, 0.1) is 0 Å². The molecule has 4 N–H and O–H groups in total. The van der Waals surface area contributed by atoms with E-state index >= 15 is 0 Å². The van der Waals surface area contributed by atoms with Gasteiger partial charge in [0, 0.05) is 62.0 Å². The second-order valence-electron chi connectivity index (χ2n) is 10.1. The summed E-state index contributed by atoms with van der Waals surface area (Å²) >= 11 is 0. The maximum atomic E-state index is 13.4. The number of carbonyl (C=O) groups excluding carboxylic acids is 1. The molecular weight excluding hydrogens is 520 g/mol. The lowest BCUT2D eigenvalue weighted by molar-refractivity contribution is 0.102. The van der Waals surface area contributed by atoms with Crippen molar-refractivity contribution in [1.82, 2.24) is 19.1 Å². The monoisotopic (exact) mass is 552 g/mol. The number of nitrogens with one attached hydrogen (secondary N) is 2. The molecule has 1 aliphatic rings. The molecular formula is C30H32N8O3. The number of hydrogen-bond acceptors (Lipinski definition) is 6. The molecule has 4 aromatic rings. The highest BCUT2D eigenvalue weighted by Gasteiger charge is 2.28. The van der Waals surface area contributed by atoms with Crippen LogP contribution in [0.25, 0.3) is 16.8 Å². The van der Waals surface area contributed by atoms with Gasteiger partial charge in [-0.2, -0.15) is 5.10 Å². The molecule has 2 aromatic heterocycles. The van der Waals surface area contributed by atoms with E-state index in [2.05, 4.69) is 27.4 Å². The largest absolute Gasteiger partial charge is 0.382 e. The highest BCUT2D eigenvalue weighted by atomic mass is 16.2. The van der Waals surface area contributed by atoms with Gasteiger partial charge in [-0.15, -0.1) is 0 Å². The van der Waals surface area contributed by atoms with E-state index < -0.39 is 17.2 Å². The lowest BCUT2D eigenvalue weighted by atomic mass is 9.98. The van der Waals surface area contributed by atoms with E-state index in [1.165, 1.54) is 10.8 Å². The molecule has 11 heteroatoms. The van der Waals surface area contributed by atoms with E-state index in [1.54, 1.807) is 54.2 Å². The van der Waals surface area contributed by atoms with Gasteiger partial charge in [0.15, 0.2) is 0 Å². The molecule has 41 heavy (non-hydrogen) atoms. The number of carbonyl (C=O) groups is 1. The van der Waals surface area contributed by atoms with Gasteiger partial charge in [-0.05, 0) is 49.7 Å². The molecule has 1 aliphatic heterocycles. The van der Waals surface area contributed by atoms with Gasteiger partial charge in [0.25, 0.3) is 11.5 Å². The molecule has 3 heterocycles. The zero-order valence-electron chi connectivity index (χ0n) is 23.2. The second-order valence-corrected chi connectivity index (χ2v) is 10.1. The molecule has 0 unspecified atom stereocenters. The predicted octanol–water partition coefficient (Wildman–Crippen LogP) is 2.79. The number of benzene rings is 2. The van der Waals surface area contributed by atoms with E-state index in [1.807, 2.05) is 32.0 Å². The van der Waals surface area contributed by atoms with Crippen LogP contribution >= 0.6 is 0 Å². The Hall–Kier alpha value is -5.03. The lowest BCUT2D eigenvalue weighted by Crippen LogP contribution is -2.42. The van der Waals surface area contributed by atoms with E-state index in [9.17, 15) is 14.4 Å². The second kappa shape index (κ2) is 11.2. The van der Waals surface area contributed by atoms with E-state index in [0.717, 1.165) is 34.5 Å². The first-order chi connectivity index (χ1) is 19.7. The number of para-hydroxylation sites is 1. The smallest absolute Gasteiger partial charge is 0.335 e. The molecule has 1 fully saturated rings. The Balaban J connectivity index is 1.49. The molecule has 0 aliphatic carbocycles. The lowest BCUT2D eigenvalue weighted by Gasteiger charge is -2.27. The Labute approximate surface area is 236 Å². The van der Waals surface area contributed by atoms with Gasteiger partial charge in [0.2, 0.25) is 0 Å². The summed E-state index contributed by atoms with van der Waals surface area (Å²) < 4.78 is 4.13. The fraction of sp³-hybridized carbons (Fsp3) is 0.233. The molecule has 1 amide bonds. The summed E-state index contributed by atoms with van der Waals surface area (Å²) in [6, 6.07) is 17.5. The molecule has 2 aromatic carbocycles. The van der Waals surface area contributed by atoms with Crippen LogP contribution in [0.15, 0.2) is 86.5 Å². The molecule has 0 bridgehead atoms. The van der Waals surface area contributed by atoms with Gasteiger partial charge < -0.3 is 16.4 Å². The summed E-state index contributed by atoms with van der Waals surface area (Å²) in [6.45, 7) is 9.03. The molecule has 5 rings (SSSR count). The van der Waals surface area contributed by atoms with Crippen LogP contribution < -0.4 is 27.6 Å². The molecule has 0 radical (unpaired) electrons. The van der Waals surface area contributed by atoms with Crippen LogP contribution in [0.4, 0.5) is 5.69 Å². The van der Waals surface area contributed by atoms with Crippen molar-refractivity contribution in [3.63, 3.8) is 0 Å². The minimum absolute atomic E-state index is 0.145. The molecule has 1 saturated heterocycles. The van der Waals surface area contributed by atoms with Gasteiger partial charge in [-0.1, -0.05) is 30.3 Å². The van der Waals surface area contributed by atoms with E-state index in [4.69, 9.17) is 5.73 Å². The van der Waals surface area contributed by atoms with Crippen LogP contribution in [0.2, 0.25) is 0 Å². The van der Waals surface area contributed by atoms with Crippen LogP contribution in [0.1, 0.15) is 47.6 Å². The van der Waals surface area contributed by atoms with Crippen LogP contribution in [-0.2, 0) is 0 Å². The van der Waals surface area contributed by atoms with Crippen molar-refractivity contribution in [3.8, 4) is 16.8 Å². The molecule has 0 saturated carbocycles. The number of amidine groups is 1. The summed E-state index contributed by atoms with van der Waals surface area (Å²) in [6.07, 6.45) is 1.32. The Kier molecular flexibility index (Phi) is 7.54. The van der Waals surface area contributed by atoms with Gasteiger partial charge in [0.1, 0.15) is 17.1 Å². The Bertz CT molecular complexity index is 1760. The zero-order valence-corrected chi connectivity index (χ0v) is 23.2. The van der Waals surface area contributed by atoms with Crippen molar-refractivity contribution in [2.75, 3.05) is 25.5 Å². The third-order valence-corrected chi connectivity index (χ3v) is 7.21. The van der Waals surface area contributed by atoms with Gasteiger partial charge >= 0.3 is 5.69 Å². The summed E-state index contributed by atoms with van der Waals surface area (Å²) in [5, 5.41) is 10.3. The fourth-order valence-corrected chi connectivity index (χ4v) is 4.87. The van der Waals surface area contributed by atoms with Crippen molar-refractivity contribution >= 4 is 24.1 Å². The normalized spacial score (nSPS) is 13.7. The standard InChI is InChI=1S/C30H32N8O3/c1-18(2)36-17-24(29(40)37(30(36)41)22-8-6-5-7-9-22)28(39)35-21-12-10-19(11-13-21)23-14-25(20-15-34-16-20)38(33-4)26(23)27(31)32-3/h5-14,17-18,20,34H,4,15-16H2,1-3H3,(H2,31,32)(H,35,39). The fourth-order valence-electron chi connectivity index (χ4n) is 4.87. The van der Waals surface area contributed by atoms with Gasteiger partial charge in [0.05, 0.1) is 5.69 Å².